The molecule has 1 N–H and O–H groups in total. The minimum Gasteiger partial charge on any atom is -0.486 e. The van der Waals surface area contributed by atoms with Gasteiger partial charge in [0.25, 0.3) is 0 Å². The van der Waals surface area contributed by atoms with Crippen molar-refractivity contribution in [3.05, 3.63) is 24.3 Å². The Bertz CT molecular complexity index is 422. The molecule has 20 heavy (non-hydrogen) atoms. The Morgan fingerprint density at radius 2 is 1.85 bits per heavy atom. The first-order valence-electron chi connectivity index (χ1n) is 7.19. The molecule has 0 radical (unpaired) electrons. The molecular weight excluding hydrogens is 290 g/mol. The lowest BCUT2D eigenvalue weighted by Crippen LogP contribution is -2.38. The molecule has 0 spiro atoms. The smallest absolute Gasteiger partial charge is 0.161 e. The highest BCUT2D eigenvalue weighted by Crippen LogP contribution is 2.31. The van der Waals surface area contributed by atoms with Gasteiger partial charge in [0.2, 0.25) is 0 Å². The Kier molecular flexibility index (Phi) is 5.39. The molecule has 2 heterocycles. The molecule has 110 valence electrons. The maximum absolute atomic E-state index is 5.97. The van der Waals surface area contributed by atoms with Crippen LogP contribution in [0.3, 0.4) is 0 Å². The molecule has 3 nitrogen and oxygen atoms in total. The Morgan fingerprint density at radius 1 is 1.10 bits per heavy atom. The summed E-state index contributed by atoms with van der Waals surface area (Å²) in [6.45, 7) is 1.66. The van der Waals surface area contributed by atoms with Gasteiger partial charge < -0.3 is 14.8 Å². The number of ether oxygens (including phenoxy) is 2. The number of thioether (sulfide) groups is 2. The van der Waals surface area contributed by atoms with Crippen LogP contribution in [0.25, 0.3) is 0 Å². The van der Waals surface area contributed by atoms with Crippen molar-refractivity contribution in [3.63, 3.8) is 0 Å². The summed E-state index contributed by atoms with van der Waals surface area (Å²) in [7, 11) is 0. The van der Waals surface area contributed by atoms with E-state index in [2.05, 4.69) is 28.8 Å². The van der Waals surface area contributed by atoms with Crippen molar-refractivity contribution < 1.29 is 9.47 Å². The number of fused-ring (bicyclic) bond motifs is 1. The maximum atomic E-state index is 5.97. The van der Waals surface area contributed by atoms with E-state index in [1.165, 1.54) is 23.0 Å². The van der Waals surface area contributed by atoms with Crippen LogP contribution < -0.4 is 14.8 Å². The van der Waals surface area contributed by atoms with Crippen LogP contribution in [-0.4, -0.2) is 48.3 Å². The zero-order valence-electron chi connectivity index (χ0n) is 11.5. The summed E-state index contributed by atoms with van der Waals surface area (Å²) in [6.07, 6.45) is 1.17. The minimum atomic E-state index is 0.170. The highest BCUT2D eigenvalue weighted by Gasteiger charge is 2.20. The lowest BCUT2D eigenvalue weighted by Gasteiger charge is -2.27. The van der Waals surface area contributed by atoms with Crippen LogP contribution in [0.2, 0.25) is 0 Å². The summed E-state index contributed by atoms with van der Waals surface area (Å²) < 4.78 is 11.7. The van der Waals surface area contributed by atoms with Crippen molar-refractivity contribution in [1.29, 1.82) is 0 Å². The third-order valence-electron chi connectivity index (χ3n) is 3.48. The van der Waals surface area contributed by atoms with Crippen molar-refractivity contribution in [2.45, 2.75) is 18.6 Å². The van der Waals surface area contributed by atoms with Gasteiger partial charge in [0.05, 0.1) is 0 Å². The minimum absolute atomic E-state index is 0.170. The van der Waals surface area contributed by atoms with E-state index in [1.54, 1.807) is 0 Å². The molecule has 0 aromatic heterocycles. The first kappa shape index (κ1) is 14.4. The Morgan fingerprint density at radius 3 is 2.65 bits per heavy atom. The summed E-state index contributed by atoms with van der Waals surface area (Å²) in [6, 6.07) is 8.55. The lowest BCUT2D eigenvalue weighted by atomic mass is 10.2. The number of nitrogens with one attached hydrogen (secondary N) is 1. The molecule has 1 aromatic carbocycles. The SMILES string of the molecule is c1ccc2c(c1)OCC(CCNC1CSCCSC1)O2. The van der Waals surface area contributed by atoms with E-state index in [1.807, 2.05) is 24.3 Å². The van der Waals surface area contributed by atoms with Crippen LogP contribution >= 0.6 is 23.5 Å². The molecular formula is C15H21NO2S2. The van der Waals surface area contributed by atoms with E-state index in [-0.39, 0.29) is 6.10 Å². The molecule has 5 heteroatoms. The summed E-state index contributed by atoms with van der Waals surface area (Å²) in [5, 5.41) is 3.66. The van der Waals surface area contributed by atoms with Crippen molar-refractivity contribution in [2.75, 3.05) is 36.2 Å². The van der Waals surface area contributed by atoms with Gasteiger partial charge in [-0.1, -0.05) is 12.1 Å². The number of hydrogen-bond acceptors (Lipinski definition) is 5. The topological polar surface area (TPSA) is 30.5 Å². The van der Waals surface area contributed by atoms with Crippen LogP contribution in [0, 0.1) is 0 Å². The van der Waals surface area contributed by atoms with Gasteiger partial charge in [0.15, 0.2) is 11.5 Å². The molecule has 1 atom stereocenters. The van der Waals surface area contributed by atoms with Gasteiger partial charge in [0.1, 0.15) is 12.7 Å². The fraction of sp³-hybridized carbons (Fsp3) is 0.600. The van der Waals surface area contributed by atoms with Crippen LogP contribution in [0.1, 0.15) is 6.42 Å². The zero-order chi connectivity index (χ0) is 13.6. The monoisotopic (exact) mass is 311 g/mol. The summed E-state index contributed by atoms with van der Waals surface area (Å²) in [5.41, 5.74) is 0. The first-order chi connectivity index (χ1) is 9.92. The normalized spacial score (nSPS) is 23.3. The Balaban J connectivity index is 1.41. The highest BCUT2D eigenvalue weighted by atomic mass is 32.2. The Hall–Kier alpha value is -0.520. The molecule has 1 unspecified atom stereocenters. The second kappa shape index (κ2) is 7.48. The van der Waals surface area contributed by atoms with Crippen LogP contribution in [0.4, 0.5) is 0 Å². The summed E-state index contributed by atoms with van der Waals surface area (Å²) in [5.74, 6) is 6.80. The standard InChI is InChI=1S/C15H21NO2S2/c1-2-4-15-14(3-1)17-9-13(18-15)5-6-16-12-10-19-7-8-20-11-12/h1-4,12-13,16H,5-11H2. The molecule has 0 saturated carbocycles. The van der Waals surface area contributed by atoms with Crippen molar-refractivity contribution in [3.8, 4) is 11.5 Å². The molecule has 0 aliphatic carbocycles. The second-order valence-corrected chi connectivity index (χ2v) is 7.39. The van der Waals surface area contributed by atoms with Crippen molar-refractivity contribution in [2.24, 2.45) is 0 Å². The first-order valence-corrected chi connectivity index (χ1v) is 9.50. The molecule has 0 amide bonds. The van der Waals surface area contributed by atoms with Gasteiger partial charge in [-0.05, 0) is 18.7 Å². The van der Waals surface area contributed by atoms with E-state index in [4.69, 9.17) is 9.47 Å². The number of para-hydroxylation sites is 2. The van der Waals surface area contributed by atoms with Gasteiger partial charge in [0, 0.05) is 35.5 Å². The quantitative estimate of drug-likeness (QED) is 0.924. The average molecular weight is 311 g/mol. The molecule has 3 rings (SSSR count). The molecule has 1 saturated heterocycles. The van der Waals surface area contributed by atoms with E-state index < -0.39 is 0 Å². The predicted molar refractivity (Wildman–Crippen MR) is 87.4 cm³/mol. The number of benzene rings is 1. The fourth-order valence-electron chi connectivity index (χ4n) is 2.39. The molecule has 2 aliphatic rings. The Labute approximate surface area is 129 Å². The van der Waals surface area contributed by atoms with Gasteiger partial charge in [-0.3, -0.25) is 0 Å². The van der Waals surface area contributed by atoms with Crippen molar-refractivity contribution in [1.82, 2.24) is 5.32 Å². The van der Waals surface area contributed by atoms with E-state index >= 15 is 0 Å². The fourth-order valence-corrected chi connectivity index (χ4v) is 4.85. The number of rotatable bonds is 4. The maximum Gasteiger partial charge on any atom is 0.161 e. The van der Waals surface area contributed by atoms with Gasteiger partial charge in [-0.2, -0.15) is 23.5 Å². The lowest BCUT2D eigenvalue weighted by molar-refractivity contribution is 0.0846. The van der Waals surface area contributed by atoms with E-state index in [9.17, 15) is 0 Å². The van der Waals surface area contributed by atoms with Gasteiger partial charge in [-0.15, -0.1) is 0 Å². The van der Waals surface area contributed by atoms with Crippen LogP contribution in [0.5, 0.6) is 11.5 Å². The van der Waals surface area contributed by atoms with Gasteiger partial charge >= 0.3 is 0 Å². The van der Waals surface area contributed by atoms with Gasteiger partial charge in [-0.25, -0.2) is 0 Å². The van der Waals surface area contributed by atoms with Crippen LogP contribution in [0.15, 0.2) is 24.3 Å². The molecule has 2 aliphatic heterocycles. The third-order valence-corrected chi connectivity index (χ3v) is 6.00. The molecule has 1 aromatic rings. The summed E-state index contributed by atoms with van der Waals surface area (Å²) >= 11 is 4.12. The number of hydrogen-bond donors (Lipinski definition) is 1. The largest absolute Gasteiger partial charge is 0.486 e. The molecule has 0 bridgehead atoms. The highest BCUT2D eigenvalue weighted by molar-refractivity contribution is 8.03. The molecule has 1 fully saturated rings. The third kappa shape index (κ3) is 3.99. The van der Waals surface area contributed by atoms with Crippen molar-refractivity contribution >= 4 is 23.5 Å². The van der Waals surface area contributed by atoms with Crippen LogP contribution in [-0.2, 0) is 0 Å². The van der Waals surface area contributed by atoms with E-state index in [0.29, 0.717) is 12.6 Å². The summed E-state index contributed by atoms with van der Waals surface area (Å²) in [4.78, 5) is 0. The second-order valence-electron chi connectivity index (χ2n) is 5.09. The predicted octanol–water partition coefficient (Wildman–Crippen LogP) is 2.65. The van der Waals surface area contributed by atoms with E-state index in [0.717, 1.165) is 24.5 Å². The average Bonchev–Trinajstić information content (AvgIpc) is 2.76. The zero-order valence-corrected chi connectivity index (χ0v) is 13.2.